The molecule has 1 amide bonds. The second-order valence-electron chi connectivity index (χ2n) is 7.49. The number of carbonyl (C=O) groups is 1. The first-order valence-corrected chi connectivity index (χ1v) is 10.4. The van der Waals surface area contributed by atoms with Gasteiger partial charge in [0, 0.05) is 18.9 Å². The molecule has 3 aromatic rings. The SMILES string of the molecule is O=C(NCCC#Cc1cc(OC(F)(F)F)ccc1F)OCC1c2ccccc2-c2ccccc21. The smallest absolute Gasteiger partial charge is 0.449 e. The van der Waals surface area contributed by atoms with E-state index in [1.54, 1.807) is 0 Å². The molecule has 1 aliphatic rings. The third kappa shape index (κ3) is 5.49. The molecule has 0 atom stereocenters. The number of hydrogen-bond acceptors (Lipinski definition) is 3. The Labute approximate surface area is 193 Å². The summed E-state index contributed by atoms with van der Waals surface area (Å²) in [6.07, 6.45) is -5.35. The Morgan fingerprint density at radius 1 is 0.971 bits per heavy atom. The number of alkyl carbamates (subject to hydrolysis) is 1. The van der Waals surface area contributed by atoms with Gasteiger partial charge in [-0.05, 0) is 40.5 Å². The van der Waals surface area contributed by atoms with Gasteiger partial charge in [0.15, 0.2) is 0 Å². The van der Waals surface area contributed by atoms with Crippen LogP contribution >= 0.6 is 0 Å². The maximum Gasteiger partial charge on any atom is 0.573 e. The number of fused-ring (bicyclic) bond motifs is 3. The fourth-order valence-corrected chi connectivity index (χ4v) is 3.83. The van der Waals surface area contributed by atoms with Crippen molar-refractivity contribution < 1.29 is 31.8 Å². The highest BCUT2D eigenvalue weighted by Crippen LogP contribution is 2.44. The van der Waals surface area contributed by atoms with Gasteiger partial charge in [-0.3, -0.25) is 0 Å². The van der Waals surface area contributed by atoms with Crippen LogP contribution in [0.3, 0.4) is 0 Å². The summed E-state index contributed by atoms with van der Waals surface area (Å²) in [5, 5.41) is 2.57. The van der Waals surface area contributed by atoms with Crippen LogP contribution in [-0.4, -0.2) is 25.6 Å². The van der Waals surface area contributed by atoms with Gasteiger partial charge in [0.1, 0.15) is 18.2 Å². The molecule has 0 saturated heterocycles. The molecular weight excluding hydrogens is 450 g/mol. The zero-order valence-corrected chi connectivity index (χ0v) is 17.8. The molecule has 4 nitrogen and oxygen atoms in total. The molecule has 0 saturated carbocycles. The molecule has 0 bridgehead atoms. The normalized spacial score (nSPS) is 12.2. The van der Waals surface area contributed by atoms with Crippen LogP contribution in [-0.2, 0) is 4.74 Å². The summed E-state index contributed by atoms with van der Waals surface area (Å²) in [7, 11) is 0. The van der Waals surface area contributed by atoms with Crippen LogP contribution in [0, 0.1) is 17.7 Å². The van der Waals surface area contributed by atoms with Crippen LogP contribution in [0.4, 0.5) is 22.4 Å². The van der Waals surface area contributed by atoms with Gasteiger partial charge >= 0.3 is 12.5 Å². The summed E-state index contributed by atoms with van der Waals surface area (Å²) in [5.41, 5.74) is 4.21. The van der Waals surface area contributed by atoms with Crippen molar-refractivity contribution in [2.45, 2.75) is 18.7 Å². The van der Waals surface area contributed by atoms with Crippen molar-refractivity contribution >= 4 is 6.09 Å². The lowest BCUT2D eigenvalue weighted by Gasteiger charge is -2.14. The molecule has 4 rings (SSSR count). The number of amides is 1. The summed E-state index contributed by atoms with van der Waals surface area (Å²) in [6, 6.07) is 18.5. The van der Waals surface area contributed by atoms with Crippen molar-refractivity contribution in [3.63, 3.8) is 0 Å². The quantitative estimate of drug-likeness (QED) is 0.283. The monoisotopic (exact) mass is 469 g/mol. The van der Waals surface area contributed by atoms with Gasteiger partial charge in [-0.25, -0.2) is 9.18 Å². The number of hydrogen-bond donors (Lipinski definition) is 1. The van der Waals surface area contributed by atoms with Crippen molar-refractivity contribution in [2.24, 2.45) is 0 Å². The number of ether oxygens (including phenoxy) is 2. The lowest BCUT2D eigenvalue weighted by atomic mass is 9.98. The van der Waals surface area contributed by atoms with Crippen molar-refractivity contribution in [3.8, 4) is 28.7 Å². The zero-order valence-electron chi connectivity index (χ0n) is 17.8. The van der Waals surface area contributed by atoms with E-state index in [0.717, 1.165) is 40.5 Å². The Balaban J connectivity index is 1.28. The highest BCUT2D eigenvalue weighted by Gasteiger charge is 2.31. The molecule has 8 heteroatoms. The minimum Gasteiger partial charge on any atom is -0.449 e. The highest BCUT2D eigenvalue weighted by molar-refractivity contribution is 5.79. The van der Waals surface area contributed by atoms with E-state index in [2.05, 4.69) is 21.9 Å². The largest absolute Gasteiger partial charge is 0.573 e. The Hall–Kier alpha value is -3.99. The molecule has 0 aromatic heterocycles. The van der Waals surface area contributed by atoms with Crippen LogP contribution in [0.1, 0.15) is 29.0 Å². The lowest BCUT2D eigenvalue weighted by Crippen LogP contribution is -2.26. The third-order valence-corrected chi connectivity index (χ3v) is 5.26. The van der Waals surface area contributed by atoms with E-state index in [0.29, 0.717) is 0 Å². The van der Waals surface area contributed by atoms with Gasteiger partial charge in [-0.1, -0.05) is 60.4 Å². The fourth-order valence-electron chi connectivity index (χ4n) is 3.83. The topological polar surface area (TPSA) is 47.6 Å². The highest BCUT2D eigenvalue weighted by atomic mass is 19.4. The maximum atomic E-state index is 13.8. The molecular formula is C26H19F4NO3. The van der Waals surface area contributed by atoms with E-state index < -0.39 is 24.0 Å². The summed E-state index contributed by atoms with van der Waals surface area (Å²) < 4.78 is 59.9. The predicted molar refractivity (Wildman–Crippen MR) is 118 cm³/mol. The summed E-state index contributed by atoms with van der Waals surface area (Å²) in [4.78, 5) is 12.1. The molecule has 0 aliphatic heterocycles. The summed E-state index contributed by atoms with van der Waals surface area (Å²) in [6.45, 7) is 0.298. The van der Waals surface area contributed by atoms with E-state index in [-0.39, 0.29) is 31.1 Å². The lowest BCUT2D eigenvalue weighted by molar-refractivity contribution is -0.274. The van der Waals surface area contributed by atoms with Crippen molar-refractivity contribution in [2.75, 3.05) is 13.2 Å². The van der Waals surface area contributed by atoms with Gasteiger partial charge in [-0.15, -0.1) is 13.2 Å². The zero-order chi connectivity index (χ0) is 24.1. The Bertz CT molecular complexity index is 1220. The molecule has 0 radical (unpaired) electrons. The fraction of sp³-hybridized carbons (Fsp3) is 0.192. The number of carbonyl (C=O) groups excluding carboxylic acids is 1. The minimum absolute atomic E-state index is 0.0629. The van der Waals surface area contributed by atoms with Crippen molar-refractivity contribution in [1.82, 2.24) is 5.32 Å². The van der Waals surface area contributed by atoms with Crippen molar-refractivity contribution in [3.05, 3.63) is 89.2 Å². The molecule has 1 N–H and O–H groups in total. The van der Waals surface area contributed by atoms with Gasteiger partial charge in [0.25, 0.3) is 0 Å². The number of benzene rings is 3. The number of alkyl halides is 3. The Morgan fingerprint density at radius 3 is 2.26 bits per heavy atom. The number of nitrogens with one attached hydrogen (secondary N) is 1. The van der Waals surface area contributed by atoms with E-state index in [9.17, 15) is 22.4 Å². The molecule has 0 unspecified atom stereocenters. The first-order valence-electron chi connectivity index (χ1n) is 10.4. The molecule has 0 fully saturated rings. The standard InChI is InChI=1S/C26H19F4NO3/c27-24-13-12-18(34-26(28,29)30)15-17(24)7-5-6-14-31-25(32)33-16-23-21-10-3-1-8-19(21)20-9-2-4-11-22(20)23/h1-4,8-13,15,23H,6,14,16H2,(H,31,32). The third-order valence-electron chi connectivity index (χ3n) is 5.26. The van der Waals surface area contributed by atoms with Gasteiger partial charge in [-0.2, -0.15) is 0 Å². The molecule has 174 valence electrons. The molecule has 0 spiro atoms. The molecule has 3 aromatic carbocycles. The van der Waals surface area contributed by atoms with Crippen LogP contribution in [0.2, 0.25) is 0 Å². The van der Waals surface area contributed by atoms with Gasteiger partial charge in [0.05, 0.1) is 5.56 Å². The first kappa shape index (κ1) is 23.2. The van der Waals surface area contributed by atoms with Crippen molar-refractivity contribution in [1.29, 1.82) is 0 Å². The molecule has 1 aliphatic carbocycles. The average molecular weight is 469 g/mol. The van der Waals surface area contributed by atoms with E-state index in [1.807, 2.05) is 48.5 Å². The van der Waals surface area contributed by atoms with Crippen LogP contribution in [0.5, 0.6) is 5.75 Å². The molecule has 0 heterocycles. The van der Waals surface area contributed by atoms with Crippen LogP contribution < -0.4 is 10.1 Å². The predicted octanol–water partition coefficient (Wildman–Crippen LogP) is 6.00. The summed E-state index contributed by atoms with van der Waals surface area (Å²) in [5.74, 6) is 3.67. The van der Waals surface area contributed by atoms with Crippen LogP contribution in [0.15, 0.2) is 66.7 Å². The Kier molecular flexibility index (Phi) is 6.73. The summed E-state index contributed by atoms with van der Waals surface area (Å²) >= 11 is 0. The second-order valence-corrected chi connectivity index (χ2v) is 7.49. The molecule has 34 heavy (non-hydrogen) atoms. The van der Waals surface area contributed by atoms with E-state index in [4.69, 9.17) is 4.74 Å². The van der Waals surface area contributed by atoms with E-state index >= 15 is 0 Å². The Morgan fingerprint density at radius 2 is 1.62 bits per heavy atom. The van der Waals surface area contributed by atoms with Gasteiger partial charge < -0.3 is 14.8 Å². The maximum absolute atomic E-state index is 13.8. The van der Waals surface area contributed by atoms with Crippen LogP contribution in [0.25, 0.3) is 11.1 Å². The van der Waals surface area contributed by atoms with Gasteiger partial charge in [0.2, 0.25) is 0 Å². The number of halogens is 4. The minimum atomic E-state index is -4.88. The first-order chi connectivity index (χ1) is 16.3. The van der Waals surface area contributed by atoms with E-state index in [1.165, 1.54) is 0 Å². The average Bonchev–Trinajstić information content (AvgIpc) is 3.12. The second kappa shape index (κ2) is 9.87. The number of rotatable bonds is 5.